The Kier molecular flexibility index (Phi) is 6.01. The minimum absolute atomic E-state index is 0.0200. The molecule has 1 aromatic heterocycles. The lowest BCUT2D eigenvalue weighted by Crippen LogP contribution is -2.41. The average Bonchev–Trinajstić information content (AvgIpc) is 2.64. The monoisotopic (exact) mass is 346 g/mol. The zero-order valence-electron chi connectivity index (χ0n) is 14.0. The number of alkyl carbamates (subject to hydrolysis) is 1. The van der Waals surface area contributed by atoms with Gasteiger partial charge in [-0.3, -0.25) is 0 Å². The largest absolute Gasteiger partial charge is 0.472 e. The van der Waals surface area contributed by atoms with E-state index >= 15 is 0 Å². The van der Waals surface area contributed by atoms with Gasteiger partial charge in [0.1, 0.15) is 18.3 Å². The predicted octanol–water partition coefficient (Wildman–Crippen LogP) is 1.94. The zero-order valence-corrected chi connectivity index (χ0v) is 14.0. The van der Waals surface area contributed by atoms with E-state index in [0.29, 0.717) is 13.2 Å². The Labute approximate surface area is 146 Å². The molecule has 1 aliphatic carbocycles. The number of ether oxygens (including phenoxy) is 3. The van der Waals surface area contributed by atoms with Crippen LogP contribution in [-0.2, 0) is 9.47 Å². The van der Waals surface area contributed by atoms with Crippen molar-refractivity contribution in [1.29, 1.82) is 5.26 Å². The molecule has 0 atom stereocenters. The first kappa shape index (κ1) is 17.4. The van der Waals surface area contributed by atoms with E-state index in [1.807, 2.05) is 6.07 Å². The molecule has 3 rings (SSSR count). The third-order valence-electron chi connectivity index (χ3n) is 4.49. The Morgan fingerprint density at radius 2 is 1.84 bits per heavy atom. The summed E-state index contributed by atoms with van der Waals surface area (Å²) < 4.78 is 16.5. The number of nitrogens with zero attached hydrogens (tertiary/aromatic N) is 3. The molecule has 1 N–H and O–H groups in total. The molecule has 134 valence electrons. The van der Waals surface area contributed by atoms with Crippen LogP contribution in [0.1, 0.15) is 44.2 Å². The van der Waals surface area contributed by atoms with E-state index in [0.717, 1.165) is 38.5 Å². The van der Waals surface area contributed by atoms with Crippen LogP contribution in [0.2, 0.25) is 0 Å². The van der Waals surface area contributed by atoms with E-state index in [1.54, 1.807) is 0 Å². The smallest absolute Gasteiger partial charge is 0.407 e. The second-order valence-electron chi connectivity index (χ2n) is 6.27. The molecule has 0 radical (unpaired) electrons. The quantitative estimate of drug-likeness (QED) is 0.888. The van der Waals surface area contributed by atoms with Gasteiger partial charge in [-0.1, -0.05) is 0 Å². The Bertz CT molecular complexity index is 619. The van der Waals surface area contributed by atoms with Crippen LogP contribution in [0.15, 0.2) is 12.4 Å². The summed E-state index contributed by atoms with van der Waals surface area (Å²) in [6.07, 6.45) is 7.24. The third-order valence-corrected chi connectivity index (χ3v) is 4.49. The van der Waals surface area contributed by atoms with Gasteiger partial charge < -0.3 is 19.5 Å². The van der Waals surface area contributed by atoms with E-state index < -0.39 is 0 Å². The van der Waals surface area contributed by atoms with Crippen molar-refractivity contribution in [3.63, 3.8) is 0 Å². The fraction of sp³-hybridized carbons (Fsp3) is 0.647. The molecule has 2 aliphatic rings. The highest BCUT2D eigenvalue weighted by Gasteiger charge is 2.26. The van der Waals surface area contributed by atoms with Gasteiger partial charge in [-0.25, -0.2) is 14.8 Å². The summed E-state index contributed by atoms with van der Waals surface area (Å²) in [6, 6.07) is 2.07. The van der Waals surface area contributed by atoms with Gasteiger partial charge in [0.2, 0.25) is 5.69 Å². The number of hydrogen-bond acceptors (Lipinski definition) is 7. The van der Waals surface area contributed by atoms with Gasteiger partial charge in [-0.15, -0.1) is 0 Å². The van der Waals surface area contributed by atoms with E-state index in [4.69, 9.17) is 19.5 Å². The molecule has 0 unspecified atom stereocenters. The predicted molar refractivity (Wildman–Crippen MR) is 86.9 cm³/mol. The van der Waals surface area contributed by atoms with Crippen LogP contribution in [0.5, 0.6) is 5.88 Å². The van der Waals surface area contributed by atoms with Gasteiger partial charge in [0, 0.05) is 31.3 Å². The first-order valence-corrected chi connectivity index (χ1v) is 8.67. The molecular formula is C17H22N4O4. The fourth-order valence-electron chi connectivity index (χ4n) is 3.12. The molecule has 0 spiro atoms. The summed E-state index contributed by atoms with van der Waals surface area (Å²) >= 11 is 0. The summed E-state index contributed by atoms with van der Waals surface area (Å²) in [6.45, 7) is 1.29. The van der Waals surface area contributed by atoms with Gasteiger partial charge in [0.05, 0.1) is 13.2 Å². The molecule has 2 fully saturated rings. The maximum Gasteiger partial charge on any atom is 0.407 e. The molecule has 1 amide bonds. The summed E-state index contributed by atoms with van der Waals surface area (Å²) in [7, 11) is 0. The van der Waals surface area contributed by atoms with Crippen molar-refractivity contribution in [2.45, 2.75) is 56.8 Å². The maximum atomic E-state index is 12.0. The van der Waals surface area contributed by atoms with Crippen molar-refractivity contribution in [2.75, 3.05) is 13.2 Å². The molecule has 1 aliphatic heterocycles. The van der Waals surface area contributed by atoms with Crippen molar-refractivity contribution in [3.05, 3.63) is 18.1 Å². The van der Waals surface area contributed by atoms with Crippen molar-refractivity contribution in [1.82, 2.24) is 15.3 Å². The summed E-state index contributed by atoms with van der Waals surface area (Å²) in [5.41, 5.74) is 0.197. The van der Waals surface area contributed by atoms with Crippen LogP contribution in [0.3, 0.4) is 0 Å². The highest BCUT2D eigenvalue weighted by Crippen LogP contribution is 2.24. The highest BCUT2D eigenvalue weighted by atomic mass is 16.6. The molecule has 1 saturated heterocycles. The Balaban J connectivity index is 1.41. The maximum absolute atomic E-state index is 12.0. The number of nitrogens with one attached hydrogen (secondary N) is 1. The first-order chi connectivity index (χ1) is 12.2. The lowest BCUT2D eigenvalue weighted by molar-refractivity contribution is -0.0000361. The lowest BCUT2D eigenvalue weighted by Gasteiger charge is -2.30. The molecule has 1 saturated carbocycles. The Hall–Kier alpha value is -2.40. The summed E-state index contributed by atoms with van der Waals surface area (Å²) in [4.78, 5) is 20.0. The number of carbonyl (C=O) groups excluding carboxylic acids is 1. The lowest BCUT2D eigenvalue weighted by atomic mass is 9.93. The fourth-order valence-corrected chi connectivity index (χ4v) is 3.12. The normalized spacial score (nSPS) is 24.1. The molecule has 1 aromatic rings. The Morgan fingerprint density at radius 1 is 1.12 bits per heavy atom. The summed E-state index contributed by atoms with van der Waals surface area (Å²) in [5, 5.41) is 12.0. The van der Waals surface area contributed by atoms with Crippen LogP contribution in [0.4, 0.5) is 4.79 Å². The highest BCUT2D eigenvalue weighted by molar-refractivity contribution is 5.67. The van der Waals surface area contributed by atoms with E-state index in [1.165, 1.54) is 12.4 Å². The van der Waals surface area contributed by atoms with Crippen molar-refractivity contribution in [2.24, 2.45) is 0 Å². The minimum Gasteiger partial charge on any atom is -0.472 e. The second-order valence-corrected chi connectivity index (χ2v) is 6.27. The standard InChI is InChI=1S/C17H22N4O4/c18-11-15-16(20-8-7-19-15)24-13-3-1-12(2-4-13)21-17(22)25-14-5-9-23-10-6-14/h7-8,12-14H,1-6,9-10H2,(H,21,22). The van der Waals surface area contributed by atoms with Gasteiger partial charge in [-0.2, -0.15) is 5.26 Å². The number of rotatable bonds is 4. The molecule has 2 heterocycles. The van der Waals surface area contributed by atoms with E-state index in [2.05, 4.69) is 15.3 Å². The molecule has 8 nitrogen and oxygen atoms in total. The molecule has 0 bridgehead atoms. The van der Waals surface area contributed by atoms with Crippen LogP contribution in [0.25, 0.3) is 0 Å². The van der Waals surface area contributed by atoms with Crippen molar-refractivity contribution in [3.8, 4) is 11.9 Å². The van der Waals surface area contributed by atoms with Gasteiger partial charge in [0.25, 0.3) is 5.88 Å². The van der Waals surface area contributed by atoms with Crippen molar-refractivity contribution >= 4 is 6.09 Å². The number of amides is 1. The van der Waals surface area contributed by atoms with Crippen LogP contribution in [-0.4, -0.2) is 47.5 Å². The number of carbonyl (C=O) groups is 1. The number of aromatic nitrogens is 2. The molecule has 25 heavy (non-hydrogen) atoms. The third kappa shape index (κ3) is 5.03. The van der Waals surface area contributed by atoms with E-state index in [-0.39, 0.29) is 35.9 Å². The van der Waals surface area contributed by atoms with Crippen molar-refractivity contribution < 1.29 is 19.0 Å². The Morgan fingerprint density at radius 3 is 2.56 bits per heavy atom. The average molecular weight is 346 g/mol. The SMILES string of the molecule is N#Cc1nccnc1OC1CCC(NC(=O)OC2CCOCC2)CC1. The van der Waals surface area contributed by atoms with Gasteiger partial charge in [-0.05, 0) is 25.7 Å². The zero-order chi connectivity index (χ0) is 17.5. The van der Waals surface area contributed by atoms with Crippen LogP contribution in [0, 0.1) is 11.3 Å². The van der Waals surface area contributed by atoms with Gasteiger partial charge >= 0.3 is 6.09 Å². The van der Waals surface area contributed by atoms with Crippen LogP contribution >= 0.6 is 0 Å². The topological polar surface area (TPSA) is 106 Å². The number of nitriles is 1. The molecular weight excluding hydrogens is 324 g/mol. The molecule has 8 heteroatoms. The van der Waals surface area contributed by atoms with E-state index in [9.17, 15) is 4.79 Å². The first-order valence-electron chi connectivity index (χ1n) is 8.67. The number of hydrogen-bond donors (Lipinski definition) is 1. The second kappa shape index (κ2) is 8.62. The molecule has 0 aromatic carbocycles. The van der Waals surface area contributed by atoms with Gasteiger partial charge in [0.15, 0.2) is 0 Å². The summed E-state index contributed by atoms with van der Waals surface area (Å²) in [5.74, 6) is 0.278. The van der Waals surface area contributed by atoms with Crippen LogP contribution < -0.4 is 10.1 Å². The minimum atomic E-state index is -0.350.